The third-order valence-corrected chi connectivity index (χ3v) is 2.78. The van der Waals surface area contributed by atoms with E-state index in [-0.39, 0.29) is 0 Å². The summed E-state index contributed by atoms with van der Waals surface area (Å²) in [6, 6.07) is 10.9. The van der Waals surface area contributed by atoms with Crippen molar-refractivity contribution in [2.75, 3.05) is 6.61 Å². The molecule has 2 N–H and O–H groups in total. The Labute approximate surface area is 123 Å². The van der Waals surface area contributed by atoms with Crippen LogP contribution in [0.5, 0.6) is 17.4 Å². The summed E-state index contributed by atoms with van der Waals surface area (Å²) in [4.78, 5) is 4.47. The van der Waals surface area contributed by atoms with Crippen LogP contribution in [0.25, 0.3) is 0 Å². The Morgan fingerprint density at radius 2 is 1.85 bits per heavy atom. The normalized spacial score (nSPS) is 10.1. The van der Waals surface area contributed by atoms with E-state index < -0.39 is 0 Å². The minimum Gasteiger partial charge on any atom is -0.494 e. The Hall–Kier alpha value is -2.14. The van der Waals surface area contributed by atoms with Crippen molar-refractivity contribution in [2.24, 2.45) is 5.73 Å². The van der Waals surface area contributed by atoms with Gasteiger partial charge in [0.25, 0.3) is 0 Å². The van der Waals surface area contributed by atoms with Crippen molar-refractivity contribution in [2.45, 2.75) is 13.3 Å². The first-order valence-electron chi connectivity index (χ1n) is 6.35. The number of ether oxygens (including phenoxy) is 2. The number of thiocarbonyl (C=S) groups is 1. The Bertz CT molecular complexity index is 567. The van der Waals surface area contributed by atoms with Crippen molar-refractivity contribution in [3.63, 3.8) is 0 Å². The predicted molar refractivity (Wildman–Crippen MR) is 82.4 cm³/mol. The van der Waals surface area contributed by atoms with Gasteiger partial charge in [-0.3, -0.25) is 0 Å². The highest BCUT2D eigenvalue weighted by Gasteiger charge is 2.01. The second-order valence-corrected chi connectivity index (χ2v) is 4.61. The molecule has 104 valence electrons. The maximum absolute atomic E-state index is 5.62. The number of nitrogens with two attached hydrogens (primary N) is 1. The number of benzene rings is 1. The van der Waals surface area contributed by atoms with E-state index in [4.69, 9.17) is 27.4 Å². The molecule has 2 aromatic rings. The number of rotatable bonds is 6. The number of nitrogens with zero attached hydrogens (tertiary/aromatic N) is 1. The SMILES string of the molecule is CCCOc1ccc(Oc2ccc(C(N)=S)cn2)cc1. The lowest BCUT2D eigenvalue weighted by Gasteiger charge is -2.07. The molecule has 1 aromatic carbocycles. The highest BCUT2D eigenvalue weighted by molar-refractivity contribution is 7.80. The molecule has 1 aromatic heterocycles. The van der Waals surface area contributed by atoms with Crippen molar-refractivity contribution in [1.82, 2.24) is 4.98 Å². The van der Waals surface area contributed by atoms with Gasteiger partial charge in [0, 0.05) is 17.8 Å². The molecule has 2 rings (SSSR count). The van der Waals surface area contributed by atoms with E-state index >= 15 is 0 Å². The van der Waals surface area contributed by atoms with Crippen LogP contribution in [0, 0.1) is 0 Å². The van der Waals surface area contributed by atoms with Crippen molar-refractivity contribution in [3.8, 4) is 17.4 Å². The van der Waals surface area contributed by atoms with Crippen LogP contribution in [0.1, 0.15) is 18.9 Å². The van der Waals surface area contributed by atoms with E-state index in [0.29, 0.717) is 23.2 Å². The largest absolute Gasteiger partial charge is 0.494 e. The minimum absolute atomic E-state index is 0.321. The maximum atomic E-state index is 5.62. The fourth-order valence-corrected chi connectivity index (χ4v) is 1.65. The van der Waals surface area contributed by atoms with Crippen molar-refractivity contribution < 1.29 is 9.47 Å². The number of hydrogen-bond donors (Lipinski definition) is 1. The van der Waals surface area contributed by atoms with Crippen LogP contribution in [-0.2, 0) is 0 Å². The van der Waals surface area contributed by atoms with Crippen LogP contribution in [0.15, 0.2) is 42.6 Å². The molecule has 0 aliphatic carbocycles. The lowest BCUT2D eigenvalue weighted by atomic mass is 10.3. The van der Waals surface area contributed by atoms with Gasteiger partial charge in [0.1, 0.15) is 16.5 Å². The van der Waals surface area contributed by atoms with Crippen LogP contribution in [0.3, 0.4) is 0 Å². The van der Waals surface area contributed by atoms with Crippen LogP contribution < -0.4 is 15.2 Å². The van der Waals surface area contributed by atoms with Crippen molar-refractivity contribution in [3.05, 3.63) is 48.2 Å². The van der Waals surface area contributed by atoms with Crippen LogP contribution in [0.2, 0.25) is 0 Å². The fourth-order valence-electron chi connectivity index (χ4n) is 1.53. The highest BCUT2D eigenvalue weighted by atomic mass is 32.1. The Morgan fingerprint density at radius 1 is 1.15 bits per heavy atom. The van der Waals surface area contributed by atoms with E-state index in [1.807, 2.05) is 24.3 Å². The summed E-state index contributed by atoms with van der Waals surface area (Å²) >= 11 is 4.87. The van der Waals surface area contributed by atoms with E-state index in [1.165, 1.54) is 0 Å². The second-order valence-electron chi connectivity index (χ2n) is 4.17. The fraction of sp³-hybridized carbons (Fsp3) is 0.200. The van der Waals surface area contributed by atoms with Crippen LogP contribution in [-0.4, -0.2) is 16.6 Å². The van der Waals surface area contributed by atoms with Gasteiger partial charge in [-0.2, -0.15) is 0 Å². The molecule has 0 saturated heterocycles. The first-order valence-corrected chi connectivity index (χ1v) is 6.76. The van der Waals surface area contributed by atoms with E-state index in [9.17, 15) is 0 Å². The summed E-state index contributed by atoms with van der Waals surface area (Å²) in [5.41, 5.74) is 6.23. The van der Waals surface area contributed by atoms with E-state index in [1.54, 1.807) is 18.3 Å². The minimum atomic E-state index is 0.321. The van der Waals surface area contributed by atoms with Gasteiger partial charge in [0.15, 0.2) is 0 Å². The summed E-state index contributed by atoms with van der Waals surface area (Å²) in [6.45, 7) is 2.78. The molecule has 0 bridgehead atoms. The summed E-state index contributed by atoms with van der Waals surface area (Å²) < 4.78 is 11.1. The number of pyridine rings is 1. The Morgan fingerprint density at radius 3 is 2.40 bits per heavy atom. The van der Waals surface area contributed by atoms with Gasteiger partial charge < -0.3 is 15.2 Å². The molecule has 0 fully saturated rings. The Balaban J connectivity index is 2.00. The molecule has 0 unspecified atom stereocenters. The van der Waals surface area contributed by atoms with E-state index in [2.05, 4.69) is 11.9 Å². The van der Waals surface area contributed by atoms with Crippen molar-refractivity contribution >= 4 is 17.2 Å². The smallest absolute Gasteiger partial charge is 0.219 e. The molecule has 4 nitrogen and oxygen atoms in total. The molecular weight excluding hydrogens is 272 g/mol. The molecule has 20 heavy (non-hydrogen) atoms. The summed E-state index contributed by atoms with van der Waals surface area (Å²) in [7, 11) is 0. The first kappa shape index (κ1) is 14.3. The topological polar surface area (TPSA) is 57.4 Å². The van der Waals surface area contributed by atoms with E-state index in [0.717, 1.165) is 17.7 Å². The quantitative estimate of drug-likeness (QED) is 0.826. The van der Waals surface area contributed by atoms with Gasteiger partial charge in [-0.1, -0.05) is 19.1 Å². The van der Waals surface area contributed by atoms with Crippen molar-refractivity contribution in [1.29, 1.82) is 0 Å². The molecule has 0 aliphatic heterocycles. The molecule has 1 heterocycles. The predicted octanol–water partition coefficient (Wildman–Crippen LogP) is 3.30. The average Bonchev–Trinajstić information content (AvgIpc) is 2.47. The summed E-state index contributed by atoms with van der Waals surface area (Å²) in [5, 5.41) is 0. The van der Waals surface area contributed by atoms with Gasteiger partial charge in [-0.25, -0.2) is 4.98 Å². The molecule has 0 aliphatic rings. The lowest BCUT2D eigenvalue weighted by molar-refractivity contribution is 0.317. The Kier molecular flexibility index (Phi) is 4.90. The molecule has 0 amide bonds. The third-order valence-electron chi connectivity index (χ3n) is 2.54. The molecule has 0 saturated carbocycles. The zero-order valence-electron chi connectivity index (χ0n) is 11.2. The molecule has 0 atom stereocenters. The number of hydrogen-bond acceptors (Lipinski definition) is 4. The van der Waals surface area contributed by atoms with Crippen LogP contribution in [0.4, 0.5) is 0 Å². The first-order chi connectivity index (χ1) is 9.69. The monoisotopic (exact) mass is 288 g/mol. The third kappa shape index (κ3) is 3.93. The molecule has 5 heteroatoms. The van der Waals surface area contributed by atoms with Gasteiger partial charge in [0.2, 0.25) is 5.88 Å². The van der Waals surface area contributed by atoms with Gasteiger partial charge in [0.05, 0.1) is 6.61 Å². The molecule has 0 radical (unpaired) electrons. The van der Waals surface area contributed by atoms with Gasteiger partial charge in [-0.15, -0.1) is 0 Å². The maximum Gasteiger partial charge on any atom is 0.219 e. The van der Waals surface area contributed by atoms with Gasteiger partial charge >= 0.3 is 0 Å². The van der Waals surface area contributed by atoms with Crippen LogP contribution >= 0.6 is 12.2 Å². The summed E-state index contributed by atoms with van der Waals surface area (Å²) in [6.07, 6.45) is 2.58. The standard InChI is InChI=1S/C15H16N2O2S/c1-2-9-18-12-4-6-13(7-5-12)19-14-8-3-11(10-17-14)15(16)20/h3-8,10H,2,9H2,1H3,(H2,16,20). The summed E-state index contributed by atoms with van der Waals surface area (Å²) in [5.74, 6) is 2.02. The van der Waals surface area contributed by atoms with Gasteiger partial charge in [-0.05, 0) is 36.8 Å². The molecule has 0 spiro atoms. The number of aromatic nitrogens is 1. The lowest BCUT2D eigenvalue weighted by Crippen LogP contribution is -2.09. The highest BCUT2D eigenvalue weighted by Crippen LogP contribution is 2.22. The average molecular weight is 288 g/mol. The zero-order valence-corrected chi connectivity index (χ0v) is 12.0. The molecular formula is C15H16N2O2S. The second kappa shape index (κ2) is 6.86. The zero-order chi connectivity index (χ0) is 14.4.